The third kappa shape index (κ3) is 3.50. The Morgan fingerprint density at radius 2 is 0.955 bits per heavy atom. The third-order valence-corrected chi connectivity index (χ3v) is 9.54. The fourth-order valence-electron chi connectivity index (χ4n) is 7.50. The van der Waals surface area contributed by atoms with Crippen LogP contribution in [0.2, 0.25) is 0 Å². The molecule has 0 saturated carbocycles. The van der Waals surface area contributed by atoms with E-state index in [2.05, 4.69) is 153 Å². The summed E-state index contributed by atoms with van der Waals surface area (Å²) in [5.74, 6) is 0. The van der Waals surface area contributed by atoms with Crippen LogP contribution in [0.15, 0.2) is 140 Å². The largest absolute Gasteiger partial charge is 0.252 e. The number of aromatic nitrogens is 1. The zero-order valence-electron chi connectivity index (χ0n) is 24.7. The summed E-state index contributed by atoms with van der Waals surface area (Å²) in [6.07, 6.45) is 0. The maximum Gasteiger partial charge on any atom is 0.0784 e. The molecular formula is C43H29N. The monoisotopic (exact) mass is 559 g/mol. The Kier molecular flexibility index (Phi) is 5.39. The zero-order chi connectivity index (χ0) is 29.4. The highest BCUT2D eigenvalue weighted by Crippen LogP contribution is 2.58. The smallest absolute Gasteiger partial charge is 0.0784 e. The van der Waals surface area contributed by atoms with Crippen LogP contribution < -0.4 is 0 Å². The number of hydrogen-bond acceptors (Lipinski definition) is 1. The first kappa shape index (κ1) is 25.0. The second-order valence-electron chi connectivity index (χ2n) is 11.9. The van der Waals surface area contributed by atoms with Crippen molar-refractivity contribution in [3.63, 3.8) is 0 Å². The molecule has 1 aromatic heterocycles. The lowest BCUT2D eigenvalue weighted by molar-refractivity contribution is 1.18. The Labute approximate surface area is 257 Å². The van der Waals surface area contributed by atoms with Crippen LogP contribution in [0.3, 0.4) is 0 Å². The van der Waals surface area contributed by atoms with Gasteiger partial charge in [-0.3, -0.25) is 4.98 Å². The highest BCUT2D eigenvalue weighted by molar-refractivity contribution is 6.28. The zero-order valence-corrected chi connectivity index (χ0v) is 24.7. The first-order valence-electron chi connectivity index (χ1n) is 15.3. The highest BCUT2D eigenvalue weighted by Gasteiger charge is 2.31. The van der Waals surface area contributed by atoms with E-state index in [4.69, 9.17) is 4.98 Å². The van der Waals surface area contributed by atoms with Crippen molar-refractivity contribution in [2.45, 2.75) is 13.8 Å². The molecule has 9 rings (SSSR count). The van der Waals surface area contributed by atoms with Crippen LogP contribution in [0.4, 0.5) is 0 Å². The minimum absolute atomic E-state index is 1.05. The standard InChI is InChI=1S/C43H29N/c1-26-27(2)44-43(35-22-12-9-19-32(26)35)31-24-30-18-13-23-36-38(30)37(25-31)42-40(29-16-7-4-8-17-29)34-21-11-10-20-33(34)39(41(36)42)28-14-5-3-6-15-28/h3-25H,1-2H3. The first-order valence-corrected chi connectivity index (χ1v) is 15.3. The van der Waals surface area contributed by atoms with Gasteiger partial charge in [0.2, 0.25) is 0 Å². The molecule has 0 spiro atoms. The molecule has 206 valence electrons. The average Bonchev–Trinajstić information content (AvgIpc) is 3.40. The predicted octanol–water partition coefficient (Wildman–Crippen LogP) is 11.8. The van der Waals surface area contributed by atoms with Gasteiger partial charge in [0, 0.05) is 16.6 Å². The Bertz CT molecular complexity index is 2440. The number of pyridine rings is 1. The maximum atomic E-state index is 5.22. The molecule has 0 unspecified atom stereocenters. The van der Waals surface area contributed by atoms with Crippen LogP contribution >= 0.6 is 0 Å². The molecule has 7 aromatic carbocycles. The van der Waals surface area contributed by atoms with Crippen molar-refractivity contribution in [2.24, 2.45) is 0 Å². The van der Waals surface area contributed by atoms with Crippen molar-refractivity contribution in [2.75, 3.05) is 0 Å². The predicted molar refractivity (Wildman–Crippen MR) is 187 cm³/mol. The maximum absolute atomic E-state index is 5.22. The molecule has 0 radical (unpaired) electrons. The number of rotatable bonds is 3. The fraction of sp³-hybridized carbons (Fsp3) is 0.0465. The number of benzene rings is 7. The van der Waals surface area contributed by atoms with Crippen molar-refractivity contribution in [3.05, 3.63) is 151 Å². The summed E-state index contributed by atoms with van der Waals surface area (Å²) in [7, 11) is 0. The molecule has 1 aliphatic rings. The van der Waals surface area contributed by atoms with Crippen molar-refractivity contribution in [1.82, 2.24) is 4.98 Å². The molecule has 8 aromatic rings. The molecule has 0 N–H and O–H groups in total. The summed E-state index contributed by atoms with van der Waals surface area (Å²) in [6, 6.07) is 51.0. The van der Waals surface area contributed by atoms with Crippen molar-refractivity contribution in [1.29, 1.82) is 0 Å². The van der Waals surface area contributed by atoms with Gasteiger partial charge in [-0.05, 0) is 103 Å². The van der Waals surface area contributed by atoms with Crippen LogP contribution in [-0.4, -0.2) is 4.98 Å². The summed E-state index contributed by atoms with van der Waals surface area (Å²) < 4.78 is 0. The minimum Gasteiger partial charge on any atom is -0.252 e. The fourth-order valence-corrected chi connectivity index (χ4v) is 7.50. The van der Waals surface area contributed by atoms with E-state index in [0.717, 1.165) is 17.0 Å². The molecule has 0 aliphatic heterocycles. The molecule has 0 atom stereocenters. The molecular weight excluding hydrogens is 530 g/mol. The highest BCUT2D eigenvalue weighted by atomic mass is 14.7. The number of nitrogens with zero attached hydrogens (tertiary/aromatic N) is 1. The van der Waals surface area contributed by atoms with E-state index < -0.39 is 0 Å². The summed E-state index contributed by atoms with van der Waals surface area (Å²) in [6.45, 7) is 4.31. The molecule has 44 heavy (non-hydrogen) atoms. The van der Waals surface area contributed by atoms with Crippen molar-refractivity contribution >= 4 is 32.3 Å². The Hall–Kier alpha value is -5.53. The molecule has 1 heteroatoms. The van der Waals surface area contributed by atoms with Crippen LogP contribution in [0.25, 0.3) is 88.1 Å². The van der Waals surface area contributed by atoms with Crippen LogP contribution in [0.1, 0.15) is 11.3 Å². The molecule has 1 nitrogen and oxygen atoms in total. The van der Waals surface area contributed by atoms with Gasteiger partial charge in [-0.25, -0.2) is 0 Å². The molecule has 0 amide bonds. The van der Waals surface area contributed by atoms with Crippen LogP contribution in [-0.2, 0) is 0 Å². The van der Waals surface area contributed by atoms with Gasteiger partial charge in [-0.2, -0.15) is 0 Å². The van der Waals surface area contributed by atoms with Crippen LogP contribution in [0, 0.1) is 13.8 Å². The van der Waals surface area contributed by atoms with Gasteiger partial charge in [0.15, 0.2) is 0 Å². The van der Waals surface area contributed by atoms with Gasteiger partial charge < -0.3 is 0 Å². The summed E-state index contributed by atoms with van der Waals surface area (Å²) in [4.78, 5) is 5.22. The Morgan fingerprint density at radius 1 is 0.409 bits per heavy atom. The van der Waals surface area contributed by atoms with Crippen LogP contribution in [0.5, 0.6) is 0 Å². The molecule has 1 heterocycles. The van der Waals surface area contributed by atoms with Gasteiger partial charge in [0.05, 0.1) is 5.69 Å². The van der Waals surface area contributed by atoms with E-state index in [0.29, 0.717) is 0 Å². The first-order chi connectivity index (χ1) is 21.7. The second kappa shape index (κ2) is 9.49. The molecule has 0 saturated heterocycles. The van der Waals surface area contributed by atoms with Gasteiger partial charge in [-0.1, -0.05) is 127 Å². The molecule has 1 aliphatic carbocycles. The van der Waals surface area contributed by atoms with Gasteiger partial charge in [-0.15, -0.1) is 0 Å². The average molecular weight is 560 g/mol. The topological polar surface area (TPSA) is 12.9 Å². The van der Waals surface area contributed by atoms with E-state index in [1.165, 1.54) is 82.4 Å². The number of hydrogen-bond donors (Lipinski definition) is 0. The number of aryl methyl sites for hydroxylation is 2. The van der Waals surface area contributed by atoms with Gasteiger partial charge >= 0.3 is 0 Å². The Balaban J connectivity index is 1.48. The Morgan fingerprint density at radius 3 is 1.59 bits per heavy atom. The lowest BCUT2D eigenvalue weighted by atomic mass is 9.82. The van der Waals surface area contributed by atoms with E-state index in [9.17, 15) is 0 Å². The van der Waals surface area contributed by atoms with E-state index in [-0.39, 0.29) is 0 Å². The third-order valence-electron chi connectivity index (χ3n) is 9.54. The van der Waals surface area contributed by atoms with E-state index in [1.54, 1.807) is 0 Å². The lowest BCUT2D eigenvalue weighted by Gasteiger charge is -2.20. The summed E-state index contributed by atoms with van der Waals surface area (Å²) >= 11 is 0. The minimum atomic E-state index is 1.05. The normalized spacial score (nSPS) is 11.9. The van der Waals surface area contributed by atoms with Gasteiger partial charge in [0.25, 0.3) is 0 Å². The summed E-state index contributed by atoms with van der Waals surface area (Å²) in [5, 5.41) is 7.59. The second-order valence-corrected chi connectivity index (χ2v) is 11.9. The van der Waals surface area contributed by atoms with E-state index >= 15 is 0 Å². The SMILES string of the molecule is Cc1nc(-c2cc3c4c(cccc4c2)-c2c-3c(-c3ccccc3)c3ccccc3c2-c2ccccc2)c2ccccc2c1C. The van der Waals surface area contributed by atoms with E-state index in [1.807, 2.05) is 0 Å². The van der Waals surface area contributed by atoms with Crippen molar-refractivity contribution in [3.8, 4) is 55.8 Å². The molecule has 0 fully saturated rings. The quantitative estimate of drug-likeness (QED) is 0.210. The molecule has 0 bridgehead atoms. The summed E-state index contributed by atoms with van der Waals surface area (Å²) in [5.41, 5.74) is 14.8. The van der Waals surface area contributed by atoms with Gasteiger partial charge in [0.1, 0.15) is 0 Å². The number of fused-ring (bicyclic) bond motifs is 5. The lowest BCUT2D eigenvalue weighted by Crippen LogP contribution is -1.95. The van der Waals surface area contributed by atoms with Crippen molar-refractivity contribution < 1.29 is 0 Å².